The Balaban J connectivity index is 3.27. The summed E-state index contributed by atoms with van der Waals surface area (Å²) in [5.41, 5.74) is 0.577. The Morgan fingerprint density at radius 1 is 1.36 bits per heavy atom. The molecule has 1 N–H and O–H groups in total. The molecule has 1 aromatic rings. The topological polar surface area (TPSA) is 61.2 Å². The summed E-state index contributed by atoms with van der Waals surface area (Å²) in [6, 6.07) is 6.29. The quantitative estimate of drug-likeness (QED) is 0.758. The fourth-order valence-corrected chi connectivity index (χ4v) is 1.93. The van der Waals surface area contributed by atoms with Gasteiger partial charge in [0.15, 0.2) is 0 Å². The average Bonchev–Trinajstić information content (AvgIpc) is 2.17. The van der Waals surface area contributed by atoms with E-state index in [2.05, 4.69) is 0 Å². The van der Waals surface area contributed by atoms with E-state index in [1.807, 2.05) is 0 Å². The number of nitrogens with zero attached hydrogens (tertiary/aromatic N) is 1. The maximum absolute atomic E-state index is 11.7. The van der Waals surface area contributed by atoms with Gasteiger partial charge in [0.1, 0.15) is 0 Å². The molecule has 4 nitrogen and oxygen atoms in total. The Labute approximate surface area is 83.7 Å². The molecular weight excluding hydrogens is 200 g/mol. The van der Waals surface area contributed by atoms with Crippen LogP contribution in [-0.4, -0.2) is 33.0 Å². The minimum atomic E-state index is -3.38. The summed E-state index contributed by atoms with van der Waals surface area (Å²) in [5, 5.41) is 7.02. The zero-order valence-electron chi connectivity index (χ0n) is 8.06. The summed E-state index contributed by atoms with van der Waals surface area (Å²) in [7, 11) is -0.422. The molecule has 0 heterocycles. The van der Waals surface area contributed by atoms with Crippen molar-refractivity contribution in [3.63, 3.8) is 0 Å². The van der Waals surface area contributed by atoms with E-state index in [4.69, 9.17) is 5.41 Å². The van der Waals surface area contributed by atoms with Crippen molar-refractivity contribution < 1.29 is 8.42 Å². The molecule has 0 aliphatic rings. The molecular formula is C9H12N2O2S. The van der Waals surface area contributed by atoms with Crippen LogP contribution >= 0.6 is 0 Å². The van der Waals surface area contributed by atoms with Gasteiger partial charge >= 0.3 is 0 Å². The highest BCUT2D eigenvalue weighted by Crippen LogP contribution is 2.13. The van der Waals surface area contributed by atoms with E-state index in [1.54, 1.807) is 12.1 Å². The second kappa shape index (κ2) is 3.89. The first-order valence-electron chi connectivity index (χ1n) is 4.01. The summed E-state index contributed by atoms with van der Waals surface area (Å²) >= 11 is 0. The van der Waals surface area contributed by atoms with Gasteiger partial charge < -0.3 is 5.41 Å². The SMILES string of the molecule is CN(C)S(=O)(=O)c1cccc(C=N)c1. The second-order valence-corrected chi connectivity index (χ2v) is 5.16. The lowest BCUT2D eigenvalue weighted by Crippen LogP contribution is -2.22. The van der Waals surface area contributed by atoms with E-state index in [1.165, 1.54) is 26.2 Å². The molecule has 0 aliphatic heterocycles. The van der Waals surface area contributed by atoms with Gasteiger partial charge in [-0.1, -0.05) is 12.1 Å². The van der Waals surface area contributed by atoms with Crippen LogP contribution in [0.5, 0.6) is 0 Å². The average molecular weight is 212 g/mol. The number of hydrogen-bond donors (Lipinski definition) is 1. The Kier molecular flexibility index (Phi) is 3.03. The van der Waals surface area contributed by atoms with Gasteiger partial charge in [0.05, 0.1) is 4.90 Å². The van der Waals surface area contributed by atoms with Crippen LogP contribution in [0.2, 0.25) is 0 Å². The molecule has 14 heavy (non-hydrogen) atoms. The minimum Gasteiger partial charge on any atom is -0.308 e. The van der Waals surface area contributed by atoms with Crippen molar-refractivity contribution in [3.8, 4) is 0 Å². The molecule has 0 radical (unpaired) electrons. The highest BCUT2D eigenvalue weighted by Gasteiger charge is 2.16. The molecule has 0 unspecified atom stereocenters. The molecule has 0 fully saturated rings. The number of nitrogens with one attached hydrogen (secondary N) is 1. The predicted molar refractivity (Wildman–Crippen MR) is 55.2 cm³/mol. The van der Waals surface area contributed by atoms with Crippen molar-refractivity contribution >= 4 is 16.2 Å². The fraction of sp³-hybridized carbons (Fsp3) is 0.222. The highest BCUT2D eigenvalue weighted by molar-refractivity contribution is 7.89. The Morgan fingerprint density at radius 2 is 2.00 bits per heavy atom. The van der Waals surface area contributed by atoms with Crippen molar-refractivity contribution in [2.45, 2.75) is 4.90 Å². The lowest BCUT2D eigenvalue weighted by molar-refractivity contribution is 0.521. The first kappa shape index (κ1) is 10.9. The summed E-state index contributed by atoms with van der Waals surface area (Å²) in [4.78, 5) is 0.212. The third-order valence-electron chi connectivity index (χ3n) is 1.80. The molecule has 0 aliphatic carbocycles. The van der Waals surface area contributed by atoms with E-state index in [-0.39, 0.29) is 4.90 Å². The van der Waals surface area contributed by atoms with Crippen LogP contribution in [0.1, 0.15) is 5.56 Å². The van der Waals surface area contributed by atoms with Crippen molar-refractivity contribution in [1.29, 1.82) is 5.41 Å². The van der Waals surface area contributed by atoms with E-state index < -0.39 is 10.0 Å². The summed E-state index contributed by atoms with van der Waals surface area (Å²) < 4.78 is 24.5. The number of benzene rings is 1. The number of hydrogen-bond acceptors (Lipinski definition) is 3. The van der Waals surface area contributed by atoms with Crippen molar-refractivity contribution in [2.24, 2.45) is 0 Å². The van der Waals surface area contributed by atoms with Crippen LogP contribution < -0.4 is 0 Å². The molecule has 1 aromatic carbocycles. The van der Waals surface area contributed by atoms with Crippen LogP contribution in [0.4, 0.5) is 0 Å². The van der Waals surface area contributed by atoms with Gasteiger partial charge in [-0.2, -0.15) is 0 Å². The lowest BCUT2D eigenvalue weighted by atomic mass is 10.2. The first-order chi connectivity index (χ1) is 6.48. The molecule has 0 amide bonds. The molecule has 0 saturated heterocycles. The largest absolute Gasteiger partial charge is 0.308 e. The lowest BCUT2D eigenvalue weighted by Gasteiger charge is -2.11. The maximum atomic E-state index is 11.7. The van der Waals surface area contributed by atoms with Crippen molar-refractivity contribution in [1.82, 2.24) is 4.31 Å². The van der Waals surface area contributed by atoms with Crippen molar-refractivity contribution in [3.05, 3.63) is 29.8 Å². The van der Waals surface area contributed by atoms with E-state index >= 15 is 0 Å². The van der Waals surface area contributed by atoms with E-state index in [0.29, 0.717) is 5.56 Å². The predicted octanol–water partition coefficient (Wildman–Crippen LogP) is 0.935. The third-order valence-corrected chi connectivity index (χ3v) is 3.61. The Bertz CT molecular complexity index is 438. The van der Waals surface area contributed by atoms with E-state index in [9.17, 15) is 8.42 Å². The van der Waals surface area contributed by atoms with Crippen LogP contribution in [0.15, 0.2) is 29.2 Å². The molecule has 5 heteroatoms. The second-order valence-electron chi connectivity index (χ2n) is 3.00. The molecule has 0 aromatic heterocycles. The van der Waals surface area contributed by atoms with Gasteiger partial charge in [-0.3, -0.25) is 0 Å². The summed E-state index contributed by atoms with van der Waals surface area (Å²) in [6.07, 6.45) is 1.12. The van der Waals surface area contributed by atoms with Gasteiger partial charge in [0.2, 0.25) is 10.0 Å². The summed E-state index contributed by atoms with van der Waals surface area (Å²) in [6.45, 7) is 0. The van der Waals surface area contributed by atoms with Crippen LogP contribution in [0.3, 0.4) is 0 Å². The summed E-state index contributed by atoms with van der Waals surface area (Å²) in [5.74, 6) is 0. The van der Waals surface area contributed by atoms with Crippen LogP contribution in [0, 0.1) is 5.41 Å². The molecule has 1 rings (SSSR count). The van der Waals surface area contributed by atoms with Gasteiger partial charge in [0, 0.05) is 20.3 Å². The van der Waals surface area contributed by atoms with E-state index in [0.717, 1.165) is 10.5 Å². The minimum absolute atomic E-state index is 0.212. The third kappa shape index (κ3) is 2.00. The molecule has 76 valence electrons. The Hall–Kier alpha value is -1.20. The van der Waals surface area contributed by atoms with Crippen LogP contribution in [-0.2, 0) is 10.0 Å². The highest BCUT2D eigenvalue weighted by atomic mass is 32.2. The smallest absolute Gasteiger partial charge is 0.242 e. The van der Waals surface area contributed by atoms with Crippen LogP contribution in [0.25, 0.3) is 0 Å². The monoisotopic (exact) mass is 212 g/mol. The Morgan fingerprint density at radius 3 is 2.50 bits per heavy atom. The number of sulfonamides is 1. The zero-order valence-corrected chi connectivity index (χ0v) is 8.88. The van der Waals surface area contributed by atoms with Gasteiger partial charge in [-0.15, -0.1) is 0 Å². The fourth-order valence-electron chi connectivity index (χ4n) is 0.976. The van der Waals surface area contributed by atoms with Gasteiger partial charge in [-0.25, -0.2) is 12.7 Å². The maximum Gasteiger partial charge on any atom is 0.242 e. The van der Waals surface area contributed by atoms with Gasteiger partial charge in [-0.05, 0) is 17.7 Å². The zero-order chi connectivity index (χ0) is 10.8. The molecule has 0 saturated carbocycles. The molecule has 0 bridgehead atoms. The molecule has 0 atom stereocenters. The first-order valence-corrected chi connectivity index (χ1v) is 5.45. The normalized spacial score (nSPS) is 11.6. The standard InChI is InChI=1S/C9H12N2O2S/c1-11(2)14(12,13)9-5-3-4-8(6-9)7-10/h3-7,10H,1-2H3. The van der Waals surface area contributed by atoms with Gasteiger partial charge in [0.25, 0.3) is 0 Å². The number of rotatable bonds is 3. The molecule has 0 spiro atoms. The van der Waals surface area contributed by atoms with Crippen molar-refractivity contribution in [2.75, 3.05) is 14.1 Å².